The van der Waals surface area contributed by atoms with E-state index in [1.165, 1.54) is 70.3 Å². The Morgan fingerprint density at radius 3 is 1.90 bits per heavy atom. The molecule has 0 radical (unpaired) electrons. The standard InChI is InChI=1S/C28H30F5NO5/c1-16(2)21(25(37)28(31,32)33)15-22(35)24(18-10-12-20(39-4)13-11-18)34-26(38)17(3)14-23(36)27(29,30)19-8-6-5-7-9-19/h5-13,16-17,21,24H,14-15H2,1-4H3,(H,34,38)/t17-,21+,24+/m1/s1. The molecular formula is C28H30F5NO5. The van der Waals surface area contributed by atoms with Gasteiger partial charge in [0.15, 0.2) is 5.78 Å². The lowest BCUT2D eigenvalue weighted by molar-refractivity contribution is -0.177. The highest BCUT2D eigenvalue weighted by Crippen LogP contribution is 2.32. The number of Topliss-reactive ketones (excluding diaryl/α,β-unsaturated/α-hetero) is 3. The number of alkyl halides is 5. The monoisotopic (exact) mass is 555 g/mol. The molecule has 0 saturated heterocycles. The second-order valence-electron chi connectivity index (χ2n) is 9.57. The number of carbonyl (C=O) groups excluding carboxylic acids is 4. The van der Waals surface area contributed by atoms with E-state index in [9.17, 15) is 41.1 Å². The normalized spacial score (nSPS) is 14.3. The number of rotatable bonds is 13. The van der Waals surface area contributed by atoms with Crippen LogP contribution in [0.25, 0.3) is 0 Å². The van der Waals surface area contributed by atoms with Gasteiger partial charge >= 0.3 is 12.1 Å². The van der Waals surface area contributed by atoms with Crippen LogP contribution >= 0.6 is 0 Å². The van der Waals surface area contributed by atoms with Crippen molar-refractivity contribution in [2.75, 3.05) is 7.11 Å². The van der Waals surface area contributed by atoms with E-state index < -0.39 is 77.6 Å². The third kappa shape index (κ3) is 8.18. The molecule has 0 fully saturated rings. The minimum atomic E-state index is -5.16. The van der Waals surface area contributed by atoms with Gasteiger partial charge in [-0.15, -0.1) is 0 Å². The summed E-state index contributed by atoms with van der Waals surface area (Å²) in [5, 5.41) is 2.37. The van der Waals surface area contributed by atoms with Gasteiger partial charge in [0.25, 0.3) is 0 Å². The van der Waals surface area contributed by atoms with Crippen molar-refractivity contribution in [2.45, 2.75) is 51.8 Å². The molecular weight excluding hydrogens is 525 g/mol. The quantitative estimate of drug-likeness (QED) is 0.325. The van der Waals surface area contributed by atoms with Crippen molar-refractivity contribution >= 4 is 23.3 Å². The van der Waals surface area contributed by atoms with Gasteiger partial charge in [-0.2, -0.15) is 22.0 Å². The molecule has 0 aromatic heterocycles. The first kappa shape index (κ1) is 31.6. The number of halogens is 5. The van der Waals surface area contributed by atoms with Crippen LogP contribution in [0.2, 0.25) is 0 Å². The van der Waals surface area contributed by atoms with Crippen LogP contribution in [-0.2, 0) is 25.1 Å². The Bertz CT molecular complexity index is 1160. The van der Waals surface area contributed by atoms with Crippen molar-refractivity contribution in [1.82, 2.24) is 5.32 Å². The molecule has 1 amide bonds. The summed E-state index contributed by atoms with van der Waals surface area (Å²) < 4.78 is 73.7. The number of nitrogens with one attached hydrogen (secondary N) is 1. The number of hydrogen-bond acceptors (Lipinski definition) is 5. The van der Waals surface area contributed by atoms with Gasteiger partial charge in [0.2, 0.25) is 17.5 Å². The first-order valence-corrected chi connectivity index (χ1v) is 12.1. The van der Waals surface area contributed by atoms with Crippen LogP contribution in [0.1, 0.15) is 50.8 Å². The smallest absolute Gasteiger partial charge is 0.450 e. The summed E-state index contributed by atoms with van der Waals surface area (Å²) in [6.45, 7) is 3.94. The van der Waals surface area contributed by atoms with Crippen LogP contribution in [0.3, 0.4) is 0 Å². The molecule has 0 heterocycles. The van der Waals surface area contributed by atoms with Gasteiger partial charge in [0.05, 0.1) is 7.11 Å². The molecule has 0 aliphatic heterocycles. The Morgan fingerprint density at radius 2 is 1.41 bits per heavy atom. The number of ether oxygens (including phenoxy) is 1. The minimum Gasteiger partial charge on any atom is -0.497 e. The molecule has 0 saturated carbocycles. The van der Waals surface area contributed by atoms with E-state index in [4.69, 9.17) is 4.74 Å². The highest BCUT2D eigenvalue weighted by molar-refractivity contribution is 5.96. The second kappa shape index (κ2) is 12.9. The second-order valence-corrected chi connectivity index (χ2v) is 9.57. The summed E-state index contributed by atoms with van der Waals surface area (Å²) in [5.74, 6) is -12.7. The zero-order chi connectivity index (χ0) is 29.5. The first-order valence-electron chi connectivity index (χ1n) is 12.1. The average molecular weight is 556 g/mol. The van der Waals surface area contributed by atoms with E-state index in [0.717, 1.165) is 12.1 Å². The van der Waals surface area contributed by atoms with Gasteiger partial charge in [-0.05, 0) is 23.6 Å². The predicted octanol–water partition coefficient (Wildman–Crippen LogP) is 5.60. The molecule has 11 heteroatoms. The fraction of sp³-hybridized carbons (Fsp3) is 0.429. The van der Waals surface area contributed by atoms with E-state index in [1.807, 2.05) is 0 Å². The van der Waals surface area contributed by atoms with Crippen LogP contribution in [0.4, 0.5) is 22.0 Å². The van der Waals surface area contributed by atoms with Crippen molar-refractivity contribution in [3.05, 3.63) is 65.7 Å². The Morgan fingerprint density at radius 1 is 0.846 bits per heavy atom. The Hall–Kier alpha value is -3.63. The summed E-state index contributed by atoms with van der Waals surface area (Å²) in [5.41, 5.74) is -0.368. The predicted molar refractivity (Wildman–Crippen MR) is 132 cm³/mol. The van der Waals surface area contributed by atoms with E-state index in [2.05, 4.69) is 5.32 Å². The molecule has 2 aromatic rings. The van der Waals surface area contributed by atoms with Gasteiger partial charge in [-0.25, -0.2) is 0 Å². The number of benzene rings is 2. The summed E-state index contributed by atoms with van der Waals surface area (Å²) in [6.07, 6.45) is -6.85. The van der Waals surface area contributed by atoms with Gasteiger partial charge in [0.1, 0.15) is 11.8 Å². The maximum Gasteiger partial charge on any atom is 0.450 e. The summed E-state index contributed by atoms with van der Waals surface area (Å²) in [4.78, 5) is 50.5. The van der Waals surface area contributed by atoms with E-state index in [-0.39, 0.29) is 5.56 Å². The molecule has 1 N–H and O–H groups in total. The van der Waals surface area contributed by atoms with Crippen molar-refractivity contribution in [3.8, 4) is 5.75 Å². The molecule has 0 aliphatic carbocycles. The fourth-order valence-electron chi connectivity index (χ4n) is 3.91. The van der Waals surface area contributed by atoms with Gasteiger partial charge in [-0.1, -0.05) is 63.2 Å². The third-order valence-corrected chi connectivity index (χ3v) is 6.33. The molecule has 212 valence electrons. The molecule has 0 bridgehead atoms. The molecule has 39 heavy (non-hydrogen) atoms. The number of amides is 1. The zero-order valence-corrected chi connectivity index (χ0v) is 21.9. The molecule has 0 unspecified atom stereocenters. The lowest BCUT2D eigenvalue weighted by Crippen LogP contribution is -2.41. The topological polar surface area (TPSA) is 89.5 Å². The fourth-order valence-corrected chi connectivity index (χ4v) is 3.91. The zero-order valence-electron chi connectivity index (χ0n) is 21.9. The largest absolute Gasteiger partial charge is 0.497 e. The van der Waals surface area contributed by atoms with Crippen LogP contribution in [0.15, 0.2) is 54.6 Å². The molecule has 6 nitrogen and oxygen atoms in total. The third-order valence-electron chi connectivity index (χ3n) is 6.33. The minimum absolute atomic E-state index is 0.171. The van der Waals surface area contributed by atoms with E-state index >= 15 is 0 Å². The van der Waals surface area contributed by atoms with Crippen molar-refractivity contribution in [1.29, 1.82) is 0 Å². The van der Waals surface area contributed by atoms with E-state index in [0.29, 0.717) is 5.75 Å². The average Bonchev–Trinajstić information content (AvgIpc) is 2.89. The summed E-state index contributed by atoms with van der Waals surface area (Å²) in [6, 6.07) is 10.5. The molecule has 0 aliphatic rings. The lowest BCUT2D eigenvalue weighted by Gasteiger charge is -2.25. The van der Waals surface area contributed by atoms with Crippen LogP contribution in [0.5, 0.6) is 5.75 Å². The highest BCUT2D eigenvalue weighted by atomic mass is 19.4. The summed E-state index contributed by atoms with van der Waals surface area (Å²) in [7, 11) is 1.39. The Kier molecular flexibility index (Phi) is 10.5. The molecule has 3 atom stereocenters. The first-order chi connectivity index (χ1) is 18.1. The van der Waals surface area contributed by atoms with Crippen LogP contribution in [-0.4, -0.2) is 36.5 Å². The van der Waals surface area contributed by atoms with Crippen molar-refractivity contribution < 1.29 is 45.9 Å². The SMILES string of the molecule is COc1ccc([C@H](NC(=O)[C@H](C)CC(=O)C(F)(F)c2ccccc2)C(=O)C[C@H](C(=O)C(F)(F)F)C(C)C)cc1. The number of ketones is 3. The Balaban J connectivity index is 2.28. The van der Waals surface area contributed by atoms with Gasteiger partial charge in [0, 0.05) is 30.2 Å². The Labute approximate surface area is 222 Å². The molecule has 0 spiro atoms. The number of hydrogen-bond donors (Lipinski definition) is 1. The van der Waals surface area contributed by atoms with Crippen LogP contribution < -0.4 is 10.1 Å². The van der Waals surface area contributed by atoms with Crippen molar-refractivity contribution in [3.63, 3.8) is 0 Å². The lowest BCUT2D eigenvalue weighted by atomic mass is 9.84. The maximum atomic E-state index is 14.6. The number of methoxy groups -OCH3 is 1. The summed E-state index contributed by atoms with van der Waals surface area (Å²) >= 11 is 0. The van der Waals surface area contributed by atoms with Crippen molar-refractivity contribution in [2.24, 2.45) is 17.8 Å². The number of carbonyl (C=O) groups is 4. The molecule has 2 rings (SSSR count). The van der Waals surface area contributed by atoms with Gasteiger partial charge < -0.3 is 10.1 Å². The maximum absolute atomic E-state index is 14.6. The molecule has 2 aromatic carbocycles. The van der Waals surface area contributed by atoms with Gasteiger partial charge in [-0.3, -0.25) is 19.2 Å². The van der Waals surface area contributed by atoms with Crippen LogP contribution in [0, 0.1) is 17.8 Å². The van der Waals surface area contributed by atoms with E-state index in [1.54, 1.807) is 0 Å². The highest BCUT2D eigenvalue weighted by Gasteiger charge is 2.46.